The van der Waals surface area contributed by atoms with Crippen LogP contribution in [0.25, 0.3) is 0 Å². The van der Waals surface area contributed by atoms with E-state index in [-0.39, 0.29) is 23.8 Å². The van der Waals surface area contributed by atoms with Crippen LogP contribution >= 0.6 is 11.8 Å². The lowest BCUT2D eigenvalue weighted by Gasteiger charge is -2.37. The highest BCUT2D eigenvalue weighted by Gasteiger charge is 2.33. The molecule has 5 rings (SSSR count). The maximum Gasteiger partial charge on any atom is 0.323 e. The molecule has 9 heteroatoms. The Morgan fingerprint density at radius 1 is 1.08 bits per heavy atom. The first kappa shape index (κ1) is 24.6. The van der Waals surface area contributed by atoms with Gasteiger partial charge < -0.3 is 20.5 Å². The summed E-state index contributed by atoms with van der Waals surface area (Å²) in [7, 11) is 0. The molecular formula is C28H26FN5O2S. The van der Waals surface area contributed by atoms with Gasteiger partial charge >= 0.3 is 6.03 Å². The first-order valence-electron chi connectivity index (χ1n) is 11.9. The Morgan fingerprint density at radius 2 is 1.81 bits per heavy atom. The number of carbonyl (C=O) groups is 2. The number of halogens is 1. The van der Waals surface area contributed by atoms with E-state index in [0.29, 0.717) is 36.3 Å². The van der Waals surface area contributed by atoms with E-state index in [9.17, 15) is 14.0 Å². The lowest BCUT2D eigenvalue weighted by atomic mass is 9.88. The molecule has 3 N–H and O–H groups in total. The summed E-state index contributed by atoms with van der Waals surface area (Å²) in [5.74, 6) is -0.452. The number of benzene rings is 3. The van der Waals surface area contributed by atoms with Crippen molar-refractivity contribution in [3.05, 3.63) is 107 Å². The number of amides is 3. The van der Waals surface area contributed by atoms with Gasteiger partial charge in [0.15, 0.2) is 0 Å². The summed E-state index contributed by atoms with van der Waals surface area (Å²) >= 11 is 1.63. The fourth-order valence-electron chi connectivity index (χ4n) is 4.52. The van der Waals surface area contributed by atoms with Gasteiger partial charge in [0.25, 0.3) is 5.91 Å². The van der Waals surface area contributed by atoms with Crippen LogP contribution in [0.15, 0.2) is 84.1 Å². The number of aromatic nitrogens is 2. The molecule has 4 aromatic rings. The first-order chi connectivity index (χ1) is 18.0. The number of urea groups is 1. The number of nitrogens with zero attached hydrogens (tertiary/aromatic N) is 2. The Balaban J connectivity index is 1.36. The van der Waals surface area contributed by atoms with Crippen molar-refractivity contribution in [2.45, 2.75) is 23.8 Å². The molecule has 37 heavy (non-hydrogen) atoms. The van der Waals surface area contributed by atoms with Crippen LogP contribution in [-0.2, 0) is 12.8 Å². The Hall–Kier alpha value is -4.11. The second kappa shape index (κ2) is 10.9. The summed E-state index contributed by atoms with van der Waals surface area (Å²) < 4.78 is 13.6. The molecule has 0 radical (unpaired) electrons. The fourth-order valence-corrected chi connectivity index (χ4v) is 4.92. The molecule has 7 nitrogen and oxygen atoms in total. The lowest BCUT2D eigenvalue weighted by Crippen LogP contribution is -2.41. The molecule has 0 bridgehead atoms. The topological polar surface area (TPSA) is 90.1 Å². The number of thioether (sulfide) groups is 1. The fraction of sp³-hybridized carbons (Fsp3) is 0.179. The van der Waals surface area contributed by atoms with E-state index in [1.54, 1.807) is 47.3 Å². The number of hydrogen-bond donors (Lipinski definition) is 3. The standard InChI is InChI=1S/C28H26FN5O2S/c1-37-24-10-8-21(9-11-24)32-28(36)33-22-7-4-19-14-26(18-2-5-20(29)6-3-18)34(27(35)25(19)15-22)13-12-23-16-30-17-31-23/h2-11,15-17,26H,12-14H2,1H3,(H,30,31)(H2,32,33,36). The van der Waals surface area contributed by atoms with Gasteiger partial charge in [-0.2, -0.15) is 0 Å². The Morgan fingerprint density at radius 3 is 2.51 bits per heavy atom. The molecule has 0 saturated heterocycles. The highest BCUT2D eigenvalue weighted by Crippen LogP contribution is 2.34. The van der Waals surface area contributed by atoms with E-state index in [1.807, 2.05) is 42.8 Å². The Kier molecular flexibility index (Phi) is 7.23. The second-order valence-electron chi connectivity index (χ2n) is 8.76. The molecule has 0 saturated carbocycles. The number of aromatic amines is 1. The largest absolute Gasteiger partial charge is 0.351 e. The number of carbonyl (C=O) groups excluding carboxylic acids is 2. The van der Waals surface area contributed by atoms with Gasteiger partial charge in [-0.3, -0.25) is 4.79 Å². The summed E-state index contributed by atoms with van der Waals surface area (Å²) in [5, 5.41) is 5.64. The smallest absolute Gasteiger partial charge is 0.323 e. The molecule has 1 aliphatic rings. The van der Waals surface area contributed by atoms with Crippen molar-refractivity contribution < 1.29 is 14.0 Å². The monoisotopic (exact) mass is 515 g/mol. The van der Waals surface area contributed by atoms with Crippen molar-refractivity contribution in [1.82, 2.24) is 14.9 Å². The summed E-state index contributed by atoms with van der Waals surface area (Å²) in [6.07, 6.45) is 6.58. The molecule has 0 spiro atoms. The van der Waals surface area contributed by atoms with Crippen LogP contribution in [0.3, 0.4) is 0 Å². The molecule has 0 aliphatic carbocycles. The number of imidazole rings is 1. The van der Waals surface area contributed by atoms with Gasteiger partial charge in [0.1, 0.15) is 5.82 Å². The minimum Gasteiger partial charge on any atom is -0.351 e. The second-order valence-corrected chi connectivity index (χ2v) is 9.64. The molecule has 0 fully saturated rings. The van der Waals surface area contributed by atoms with Gasteiger partial charge in [-0.15, -0.1) is 11.8 Å². The van der Waals surface area contributed by atoms with Crippen LogP contribution in [0.2, 0.25) is 0 Å². The molecule has 3 aromatic carbocycles. The summed E-state index contributed by atoms with van der Waals surface area (Å²) in [5.41, 5.74) is 4.36. The van der Waals surface area contributed by atoms with E-state index in [4.69, 9.17) is 0 Å². The molecule has 1 aliphatic heterocycles. The van der Waals surface area contributed by atoms with E-state index in [2.05, 4.69) is 20.6 Å². The van der Waals surface area contributed by atoms with Crippen LogP contribution in [0, 0.1) is 5.82 Å². The Labute approximate surface area is 218 Å². The zero-order valence-corrected chi connectivity index (χ0v) is 21.0. The van der Waals surface area contributed by atoms with E-state index < -0.39 is 0 Å². The van der Waals surface area contributed by atoms with E-state index in [0.717, 1.165) is 21.7 Å². The third-order valence-corrected chi connectivity index (χ3v) is 7.16. The maximum absolute atomic E-state index is 13.7. The average molecular weight is 516 g/mol. The normalized spacial score (nSPS) is 14.8. The van der Waals surface area contributed by atoms with Crippen LogP contribution in [0.1, 0.15) is 33.2 Å². The summed E-state index contributed by atoms with van der Waals surface area (Å²) in [6, 6.07) is 18.6. The van der Waals surface area contributed by atoms with Crippen LogP contribution in [0.5, 0.6) is 0 Å². The molecule has 2 heterocycles. The van der Waals surface area contributed by atoms with Gasteiger partial charge in [-0.25, -0.2) is 14.2 Å². The van der Waals surface area contributed by atoms with Crippen molar-refractivity contribution >= 4 is 35.1 Å². The zero-order valence-electron chi connectivity index (χ0n) is 20.2. The zero-order chi connectivity index (χ0) is 25.8. The lowest BCUT2D eigenvalue weighted by molar-refractivity contribution is 0.0649. The van der Waals surface area contributed by atoms with Crippen molar-refractivity contribution in [1.29, 1.82) is 0 Å². The quantitative estimate of drug-likeness (QED) is 0.268. The molecule has 3 amide bonds. The van der Waals surface area contributed by atoms with Gasteiger partial charge in [0, 0.05) is 41.0 Å². The third-order valence-electron chi connectivity index (χ3n) is 6.41. The number of H-pyrrole nitrogens is 1. The van der Waals surface area contributed by atoms with E-state index in [1.165, 1.54) is 12.1 Å². The van der Waals surface area contributed by atoms with Crippen molar-refractivity contribution in [2.75, 3.05) is 23.4 Å². The summed E-state index contributed by atoms with van der Waals surface area (Å²) in [4.78, 5) is 36.4. The highest BCUT2D eigenvalue weighted by molar-refractivity contribution is 7.98. The first-order valence-corrected chi connectivity index (χ1v) is 13.1. The summed E-state index contributed by atoms with van der Waals surface area (Å²) in [6.45, 7) is 0.454. The van der Waals surface area contributed by atoms with Gasteiger partial charge in [0.2, 0.25) is 0 Å². The molecule has 1 unspecified atom stereocenters. The predicted octanol–water partition coefficient (Wildman–Crippen LogP) is 5.90. The number of fused-ring (bicyclic) bond motifs is 1. The van der Waals surface area contributed by atoms with E-state index >= 15 is 0 Å². The minimum absolute atomic E-state index is 0.136. The molecule has 1 atom stereocenters. The minimum atomic E-state index is -0.389. The number of anilines is 2. The number of hydrogen-bond acceptors (Lipinski definition) is 4. The number of nitrogens with one attached hydrogen (secondary N) is 3. The van der Waals surface area contributed by atoms with Gasteiger partial charge in [0.05, 0.1) is 18.1 Å². The van der Waals surface area contributed by atoms with Crippen LogP contribution < -0.4 is 10.6 Å². The third kappa shape index (κ3) is 5.67. The highest BCUT2D eigenvalue weighted by atomic mass is 32.2. The Bertz CT molecular complexity index is 1390. The molecule has 1 aromatic heterocycles. The van der Waals surface area contributed by atoms with Crippen LogP contribution in [-0.4, -0.2) is 39.6 Å². The van der Waals surface area contributed by atoms with Crippen LogP contribution in [0.4, 0.5) is 20.6 Å². The van der Waals surface area contributed by atoms with Crippen molar-refractivity contribution in [2.24, 2.45) is 0 Å². The number of rotatable bonds is 7. The maximum atomic E-state index is 13.7. The molecule has 188 valence electrons. The average Bonchev–Trinajstić information content (AvgIpc) is 3.43. The SMILES string of the molecule is CSc1ccc(NC(=O)Nc2ccc3c(c2)C(=O)N(CCc2c[nH]cn2)C(c2ccc(F)cc2)C3)cc1. The molecular weight excluding hydrogens is 489 g/mol. The predicted molar refractivity (Wildman–Crippen MR) is 143 cm³/mol. The van der Waals surface area contributed by atoms with Gasteiger partial charge in [-0.1, -0.05) is 18.2 Å². The van der Waals surface area contributed by atoms with Gasteiger partial charge in [-0.05, 0) is 72.3 Å². The van der Waals surface area contributed by atoms with Crippen molar-refractivity contribution in [3.63, 3.8) is 0 Å². The van der Waals surface area contributed by atoms with Crippen molar-refractivity contribution in [3.8, 4) is 0 Å².